The molecule has 0 aromatic carbocycles. The highest BCUT2D eigenvalue weighted by Crippen LogP contribution is 2.14. The van der Waals surface area contributed by atoms with Crippen LogP contribution in [-0.2, 0) is 4.74 Å². The zero-order valence-corrected chi connectivity index (χ0v) is 10.9. The molecular formula is C13H18N4O2. The van der Waals surface area contributed by atoms with E-state index in [2.05, 4.69) is 14.9 Å². The second-order valence-electron chi connectivity index (χ2n) is 4.84. The minimum absolute atomic E-state index is 0.0226. The molecule has 0 spiro atoms. The van der Waals surface area contributed by atoms with Crippen LogP contribution < -0.4 is 4.90 Å². The molecule has 2 aliphatic heterocycles. The van der Waals surface area contributed by atoms with Gasteiger partial charge in [0, 0.05) is 32.4 Å². The van der Waals surface area contributed by atoms with E-state index in [1.165, 1.54) is 0 Å². The van der Waals surface area contributed by atoms with Crippen molar-refractivity contribution in [2.24, 2.45) is 0 Å². The molecule has 0 unspecified atom stereocenters. The Morgan fingerprint density at radius 3 is 2.63 bits per heavy atom. The molecule has 6 heteroatoms. The SMILES string of the molecule is O=C(c1ccnc(N2CCOCC2)n1)N1CCCC1. The number of likely N-dealkylation sites (tertiary alicyclic amines) is 1. The lowest BCUT2D eigenvalue weighted by molar-refractivity contribution is 0.0787. The van der Waals surface area contributed by atoms with Gasteiger partial charge in [0.1, 0.15) is 5.69 Å². The lowest BCUT2D eigenvalue weighted by Crippen LogP contribution is -2.38. The molecule has 0 aliphatic carbocycles. The first-order valence-electron chi connectivity index (χ1n) is 6.79. The second-order valence-corrected chi connectivity index (χ2v) is 4.84. The quantitative estimate of drug-likeness (QED) is 0.779. The first-order valence-corrected chi connectivity index (χ1v) is 6.79. The van der Waals surface area contributed by atoms with Crippen molar-refractivity contribution in [3.63, 3.8) is 0 Å². The number of hydrogen-bond acceptors (Lipinski definition) is 5. The van der Waals surface area contributed by atoms with Crippen molar-refractivity contribution in [1.82, 2.24) is 14.9 Å². The molecule has 0 bridgehead atoms. The van der Waals surface area contributed by atoms with Crippen LogP contribution in [0.5, 0.6) is 0 Å². The predicted molar refractivity (Wildman–Crippen MR) is 70.2 cm³/mol. The van der Waals surface area contributed by atoms with Crippen LogP contribution in [0, 0.1) is 0 Å². The largest absolute Gasteiger partial charge is 0.378 e. The Balaban J connectivity index is 1.76. The number of anilines is 1. The van der Waals surface area contributed by atoms with E-state index in [4.69, 9.17) is 4.74 Å². The molecule has 19 heavy (non-hydrogen) atoms. The summed E-state index contributed by atoms with van der Waals surface area (Å²) < 4.78 is 5.31. The first kappa shape index (κ1) is 12.3. The van der Waals surface area contributed by atoms with Crippen LogP contribution in [0.3, 0.4) is 0 Å². The molecule has 0 atom stereocenters. The summed E-state index contributed by atoms with van der Waals surface area (Å²) in [7, 11) is 0. The Hall–Kier alpha value is -1.69. The van der Waals surface area contributed by atoms with Gasteiger partial charge < -0.3 is 14.5 Å². The van der Waals surface area contributed by atoms with Gasteiger partial charge in [-0.05, 0) is 18.9 Å². The van der Waals surface area contributed by atoms with Gasteiger partial charge in [0.25, 0.3) is 5.91 Å². The minimum Gasteiger partial charge on any atom is -0.378 e. The van der Waals surface area contributed by atoms with Crippen LogP contribution in [0.1, 0.15) is 23.3 Å². The molecule has 1 amide bonds. The fourth-order valence-electron chi connectivity index (χ4n) is 2.47. The molecule has 2 aliphatic rings. The molecular weight excluding hydrogens is 244 g/mol. The monoisotopic (exact) mass is 262 g/mol. The summed E-state index contributed by atoms with van der Waals surface area (Å²) in [6.07, 6.45) is 3.85. The summed E-state index contributed by atoms with van der Waals surface area (Å²) in [4.78, 5) is 24.9. The highest BCUT2D eigenvalue weighted by Gasteiger charge is 2.22. The number of nitrogens with zero attached hydrogens (tertiary/aromatic N) is 4. The Kier molecular flexibility index (Phi) is 3.59. The van der Waals surface area contributed by atoms with E-state index in [1.54, 1.807) is 12.3 Å². The molecule has 0 radical (unpaired) electrons. The lowest BCUT2D eigenvalue weighted by Gasteiger charge is -2.27. The van der Waals surface area contributed by atoms with Gasteiger partial charge in [-0.15, -0.1) is 0 Å². The normalized spacial score (nSPS) is 19.8. The Labute approximate surface area is 112 Å². The van der Waals surface area contributed by atoms with Gasteiger partial charge in [0.15, 0.2) is 0 Å². The van der Waals surface area contributed by atoms with Crippen LogP contribution in [-0.4, -0.2) is 60.2 Å². The van der Waals surface area contributed by atoms with Crippen molar-refractivity contribution in [3.8, 4) is 0 Å². The molecule has 1 aromatic rings. The molecule has 3 rings (SSSR count). The molecule has 6 nitrogen and oxygen atoms in total. The zero-order valence-electron chi connectivity index (χ0n) is 10.9. The zero-order chi connectivity index (χ0) is 13.1. The minimum atomic E-state index is 0.0226. The van der Waals surface area contributed by atoms with Crippen molar-refractivity contribution < 1.29 is 9.53 Å². The van der Waals surface area contributed by atoms with Crippen molar-refractivity contribution in [1.29, 1.82) is 0 Å². The maximum atomic E-state index is 12.3. The molecule has 0 N–H and O–H groups in total. The highest BCUT2D eigenvalue weighted by molar-refractivity contribution is 5.92. The van der Waals surface area contributed by atoms with Gasteiger partial charge in [0.05, 0.1) is 13.2 Å². The standard InChI is InChI=1S/C13H18N4O2/c18-12(16-5-1-2-6-16)11-3-4-14-13(15-11)17-7-9-19-10-8-17/h3-4H,1-2,5-10H2. The molecule has 0 saturated carbocycles. The van der Waals surface area contributed by atoms with Gasteiger partial charge in [-0.3, -0.25) is 4.79 Å². The second kappa shape index (κ2) is 5.52. The lowest BCUT2D eigenvalue weighted by atomic mass is 10.3. The van der Waals surface area contributed by atoms with Crippen LogP contribution >= 0.6 is 0 Å². The van der Waals surface area contributed by atoms with E-state index in [1.807, 2.05) is 4.90 Å². The molecule has 2 saturated heterocycles. The number of ether oxygens (including phenoxy) is 1. The van der Waals surface area contributed by atoms with Crippen LogP contribution in [0.15, 0.2) is 12.3 Å². The summed E-state index contributed by atoms with van der Waals surface area (Å²) in [6, 6.07) is 1.70. The van der Waals surface area contributed by atoms with E-state index >= 15 is 0 Å². The Bertz CT molecular complexity index is 454. The van der Waals surface area contributed by atoms with Gasteiger partial charge >= 0.3 is 0 Å². The predicted octanol–water partition coefficient (Wildman–Crippen LogP) is 0.549. The number of morpholine rings is 1. The molecule has 3 heterocycles. The van der Waals surface area contributed by atoms with Crippen molar-refractivity contribution >= 4 is 11.9 Å². The summed E-state index contributed by atoms with van der Waals surface area (Å²) >= 11 is 0. The number of carbonyl (C=O) groups excluding carboxylic acids is 1. The molecule has 2 fully saturated rings. The summed E-state index contributed by atoms with van der Waals surface area (Å²) in [6.45, 7) is 4.62. The number of amides is 1. The summed E-state index contributed by atoms with van der Waals surface area (Å²) in [5.74, 6) is 0.655. The third kappa shape index (κ3) is 2.68. The number of carbonyl (C=O) groups is 1. The van der Waals surface area contributed by atoms with E-state index < -0.39 is 0 Å². The van der Waals surface area contributed by atoms with Crippen LogP contribution in [0.4, 0.5) is 5.95 Å². The third-order valence-electron chi connectivity index (χ3n) is 3.55. The summed E-state index contributed by atoms with van der Waals surface area (Å²) in [5, 5.41) is 0. The van der Waals surface area contributed by atoms with Crippen molar-refractivity contribution in [3.05, 3.63) is 18.0 Å². The van der Waals surface area contributed by atoms with Gasteiger partial charge in [0.2, 0.25) is 5.95 Å². The molecule has 102 valence electrons. The fraction of sp³-hybridized carbons (Fsp3) is 0.615. The topological polar surface area (TPSA) is 58.6 Å². The average molecular weight is 262 g/mol. The molecule has 1 aromatic heterocycles. The number of rotatable bonds is 2. The third-order valence-corrected chi connectivity index (χ3v) is 3.55. The van der Waals surface area contributed by atoms with E-state index in [0.717, 1.165) is 39.0 Å². The Morgan fingerprint density at radius 1 is 1.16 bits per heavy atom. The summed E-state index contributed by atoms with van der Waals surface area (Å²) in [5.41, 5.74) is 0.499. The van der Waals surface area contributed by atoms with E-state index in [0.29, 0.717) is 24.9 Å². The van der Waals surface area contributed by atoms with Gasteiger partial charge in [-0.1, -0.05) is 0 Å². The maximum absolute atomic E-state index is 12.3. The fourth-order valence-corrected chi connectivity index (χ4v) is 2.47. The number of aromatic nitrogens is 2. The van der Waals surface area contributed by atoms with E-state index in [-0.39, 0.29) is 5.91 Å². The number of hydrogen-bond donors (Lipinski definition) is 0. The Morgan fingerprint density at radius 2 is 1.89 bits per heavy atom. The highest BCUT2D eigenvalue weighted by atomic mass is 16.5. The smallest absolute Gasteiger partial charge is 0.272 e. The average Bonchev–Trinajstić information content (AvgIpc) is 3.02. The van der Waals surface area contributed by atoms with Crippen LogP contribution in [0.2, 0.25) is 0 Å². The van der Waals surface area contributed by atoms with Crippen molar-refractivity contribution in [2.75, 3.05) is 44.3 Å². The van der Waals surface area contributed by atoms with E-state index in [9.17, 15) is 4.79 Å². The van der Waals surface area contributed by atoms with Gasteiger partial charge in [-0.25, -0.2) is 9.97 Å². The van der Waals surface area contributed by atoms with Crippen LogP contribution in [0.25, 0.3) is 0 Å². The van der Waals surface area contributed by atoms with Gasteiger partial charge in [-0.2, -0.15) is 0 Å². The van der Waals surface area contributed by atoms with Crippen molar-refractivity contribution in [2.45, 2.75) is 12.8 Å². The first-order chi connectivity index (χ1) is 9.34. The maximum Gasteiger partial charge on any atom is 0.272 e.